The van der Waals surface area contributed by atoms with Gasteiger partial charge in [0.25, 0.3) is 5.56 Å². The highest BCUT2D eigenvalue weighted by Gasteiger charge is 2.23. The molecule has 23 heavy (non-hydrogen) atoms. The number of rotatable bonds is 4. The quantitative estimate of drug-likeness (QED) is 0.886. The van der Waals surface area contributed by atoms with E-state index in [0.29, 0.717) is 11.9 Å². The number of likely N-dealkylation sites (tertiary alicyclic amines) is 1. The van der Waals surface area contributed by atoms with E-state index in [2.05, 4.69) is 10.3 Å². The average Bonchev–Trinajstić information content (AvgIpc) is 2.56. The number of aromatic nitrogens is 1. The molecule has 1 fully saturated rings. The number of amides is 1. The van der Waals surface area contributed by atoms with E-state index in [0.717, 1.165) is 37.1 Å². The maximum absolute atomic E-state index is 11.8. The number of fused-ring (bicyclic) bond motifs is 1. The molecule has 0 radical (unpaired) electrons. The molecule has 6 heteroatoms. The van der Waals surface area contributed by atoms with Crippen LogP contribution >= 0.6 is 0 Å². The number of nitrogens with zero attached hydrogens (tertiary/aromatic N) is 1. The Balaban J connectivity index is 1.63. The van der Waals surface area contributed by atoms with Crippen molar-refractivity contribution in [3.8, 4) is 5.75 Å². The van der Waals surface area contributed by atoms with Gasteiger partial charge in [-0.3, -0.25) is 9.59 Å². The molecule has 1 aromatic carbocycles. The Labute approximate surface area is 134 Å². The number of benzene rings is 1. The number of aromatic amines is 1. The van der Waals surface area contributed by atoms with Crippen molar-refractivity contribution in [3.05, 3.63) is 40.8 Å². The van der Waals surface area contributed by atoms with Crippen molar-refractivity contribution < 1.29 is 9.53 Å². The zero-order valence-electron chi connectivity index (χ0n) is 13.2. The maximum Gasteiger partial charge on any atom is 0.255 e. The molecule has 2 aromatic rings. The van der Waals surface area contributed by atoms with Crippen LogP contribution in [0.1, 0.15) is 12.8 Å². The first-order chi connectivity index (χ1) is 11.2. The fourth-order valence-electron chi connectivity index (χ4n) is 2.92. The van der Waals surface area contributed by atoms with Crippen molar-refractivity contribution in [2.45, 2.75) is 18.9 Å². The third kappa shape index (κ3) is 3.53. The fourth-order valence-corrected chi connectivity index (χ4v) is 2.92. The molecule has 0 unspecified atom stereocenters. The summed E-state index contributed by atoms with van der Waals surface area (Å²) in [4.78, 5) is 28.1. The summed E-state index contributed by atoms with van der Waals surface area (Å²) >= 11 is 0. The number of hydrogen-bond acceptors (Lipinski definition) is 4. The summed E-state index contributed by atoms with van der Waals surface area (Å²) in [5.41, 5.74) is -0.0922. The predicted molar refractivity (Wildman–Crippen MR) is 88.7 cm³/mol. The first-order valence-corrected chi connectivity index (χ1v) is 7.88. The van der Waals surface area contributed by atoms with Crippen molar-refractivity contribution >= 4 is 16.7 Å². The number of likely N-dealkylation sites (N-methyl/N-ethyl adjacent to an activating group) is 1. The number of carbonyl (C=O) groups excluding carboxylic acids is 1. The third-order valence-corrected chi connectivity index (χ3v) is 4.17. The Morgan fingerprint density at radius 3 is 2.87 bits per heavy atom. The van der Waals surface area contributed by atoms with Gasteiger partial charge in [-0.1, -0.05) is 0 Å². The van der Waals surface area contributed by atoms with Crippen molar-refractivity contribution in [2.24, 2.45) is 0 Å². The number of piperidine rings is 1. The first-order valence-electron chi connectivity index (χ1n) is 7.88. The number of pyridine rings is 1. The molecule has 0 atom stereocenters. The van der Waals surface area contributed by atoms with Gasteiger partial charge in [-0.15, -0.1) is 0 Å². The van der Waals surface area contributed by atoms with E-state index in [4.69, 9.17) is 4.74 Å². The number of carbonyl (C=O) groups is 1. The van der Waals surface area contributed by atoms with Gasteiger partial charge in [-0.05, 0) is 36.7 Å². The lowest BCUT2D eigenvalue weighted by molar-refractivity contribution is -0.131. The third-order valence-electron chi connectivity index (χ3n) is 4.17. The van der Waals surface area contributed by atoms with E-state index >= 15 is 0 Å². The lowest BCUT2D eigenvalue weighted by Crippen LogP contribution is -2.44. The highest BCUT2D eigenvalue weighted by Crippen LogP contribution is 2.22. The molecule has 2 N–H and O–H groups in total. The molecule has 1 amide bonds. The molecule has 0 aliphatic carbocycles. The SMILES string of the molecule is CNCC(=O)N1CCC(Oc2ccc3c(=O)[nH]ccc3c2)CC1. The van der Waals surface area contributed by atoms with Crippen molar-refractivity contribution in [1.29, 1.82) is 0 Å². The smallest absolute Gasteiger partial charge is 0.255 e. The number of H-pyrrole nitrogens is 1. The topological polar surface area (TPSA) is 74.4 Å². The van der Waals surface area contributed by atoms with Gasteiger partial charge in [0.2, 0.25) is 5.91 Å². The lowest BCUT2D eigenvalue weighted by atomic mass is 10.1. The van der Waals surface area contributed by atoms with E-state index in [-0.39, 0.29) is 17.6 Å². The lowest BCUT2D eigenvalue weighted by Gasteiger charge is -2.32. The Bertz CT molecular complexity index is 748. The monoisotopic (exact) mass is 315 g/mol. The highest BCUT2D eigenvalue weighted by atomic mass is 16.5. The summed E-state index contributed by atoms with van der Waals surface area (Å²) in [6.45, 7) is 1.82. The standard InChI is InChI=1S/C17H21N3O3/c1-18-11-16(21)20-8-5-13(6-9-20)23-14-2-3-15-12(10-14)4-7-19-17(15)22/h2-4,7,10,13,18H,5-6,8-9,11H2,1H3,(H,19,22). The van der Waals surface area contributed by atoms with Crippen molar-refractivity contribution in [3.63, 3.8) is 0 Å². The van der Waals surface area contributed by atoms with Gasteiger partial charge in [0.15, 0.2) is 0 Å². The fraction of sp³-hybridized carbons (Fsp3) is 0.412. The predicted octanol–water partition coefficient (Wildman–Crippen LogP) is 1.12. The minimum absolute atomic E-state index is 0.0922. The molecule has 1 saturated heterocycles. The summed E-state index contributed by atoms with van der Waals surface area (Å²) in [6, 6.07) is 7.37. The van der Waals surface area contributed by atoms with Crippen LogP contribution in [0.5, 0.6) is 5.75 Å². The summed E-state index contributed by atoms with van der Waals surface area (Å²) < 4.78 is 6.03. The van der Waals surface area contributed by atoms with E-state index in [1.165, 1.54) is 0 Å². The second-order valence-corrected chi connectivity index (χ2v) is 5.78. The Hall–Kier alpha value is -2.34. The average molecular weight is 315 g/mol. The van der Waals surface area contributed by atoms with Crippen LogP contribution in [0.25, 0.3) is 10.8 Å². The van der Waals surface area contributed by atoms with Crippen LogP contribution in [0.15, 0.2) is 35.3 Å². The van der Waals surface area contributed by atoms with Crippen molar-refractivity contribution in [1.82, 2.24) is 15.2 Å². The van der Waals surface area contributed by atoms with Crippen LogP contribution in [0.2, 0.25) is 0 Å². The normalized spacial score (nSPS) is 15.8. The summed E-state index contributed by atoms with van der Waals surface area (Å²) in [5, 5.41) is 4.41. The molecule has 0 spiro atoms. The van der Waals surface area contributed by atoms with Gasteiger partial charge >= 0.3 is 0 Å². The first kappa shape index (κ1) is 15.6. The summed E-state index contributed by atoms with van der Waals surface area (Å²) in [7, 11) is 1.78. The van der Waals surface area contributed by atoms with Gasteiger partial charge in [-0.25, -0.2) is 0 Å². The molecule has 0 bridgehead atoms. The second kappa shape index (κ2) is 6.83. The van der Waals surface area contributed by atoms with Gasteiger partial charge in [-0.2, -0.15) is 0 Å². The molecule has 3 rings (SSSR count). The largest absolute Gasteiger partial charge is 0.490 e. The molecule has 0 saturated carbocycles. The number of ether oxygens (including phenoxy) is 1. The van der Waals surface area contributed by atoms with Crippen LogP contribution in [-0.2, 0) is 4.79 Å². The molecule has 1 aliphatic heterocycles. The van der Waals surface area contributed by atoms with Crippen LogP contribution in [0.4, 0.5) is 0 Å². The second-order valence-electron chi connectivity index (χ2n) is 5.78. The molecule has 1 aromatic heterocycles. The van der Waals surface area contributed by atoms with Gasteiger partial charge in [0, 0.05) is 37.5 Å². The molecule has 2 heterocycles. The minimum atomic E-state index is -0.0922. The van der Waals surface area contributed by atoms with Gasteiger partial charge < -0.3 is 19.9 Å². The molecular formula is C17H21N3O3. The van der Waals surface area contributed by atoms with Gasteiger partial charge in [0.1, 0.15) is 11.9 Å². The van der Waals surface area contributed by atoms with Crippen molar-refractivity contribution in [2.75, 3.05) is 26.7 Å². The van der Waals surface area contributed by atoms with Crippen LogP contribution in [0, 0.1) is 0 Å². The summed E-state index contributed by atoms with van der Waals surface area (Å²) in [6.07, 6.45) is 3.39. The van der Waals surface area contributed by atoms with E-state index in [9.17, 15) is 9.59 Å². The van der Waals surface area contributed by atoms with Crippen LogP contribution < -0.4 is 15.6 Å². The molecule has 122 valence electrons. The Morgan fingerprint density at radius 1 is 1.35 bits per heavy atom. The molecular weight excluding hydrogens is 294 g/mol. The van der Waals surface area contributed by atoms with Crippen LogP contribution in [0.3, 0.4) is 0 Å². The van der Waals surface area contributed by atoms with Gasteiger partial charge in [0.05, 0.1) is 6.54 Å². The van der Waals surface area contributed by atoms with Crippen LogP contribution in [-0.4, -0.2) is 48.6 Å². The Kier molecular flexibility index (Phi) is 4.62. The minimum Gasteiger partial charge on any atom is -0.490 e. The Morgan fingerprint density at radius 2 is 2.13 bits per heavy atom. The van der Waals surface area contributed by atoms with E-state index < -0.39 is 0 Å². The zero-order chi connectivity index (χ0) is 16.2. The van der Waals surface area contributed by atoms with E-state index in [1.807, 2.05) is 23.1 Å². The highest BCUT2D eigenvalue weighted by molar-refractivity contribution is 5.82. The summed E-state index contributed by atoms with van der Waals surface area (Å²) in [5.74, 6) is 0.902. The molecule has 6 nitrogen and oxygen atoms in total. The van der Waals surface area contributed by atoms with E-state index in [1.54, 1.807) is 19.3 Å². The zero-order valence-corrected chi connectivity index (χ0v) is 13.2. The maximum atomic E-state index is 11.8. The number of hydrogen-bond donors (Lipinski definition) is 2. The number of nitrogens with one attached hydrogen (secondary N) is 2. The molecule has 1 aliphatic rings.